The number of aliphatic hydroxyl groups excluding tert-OH is 5. The van der Waals surface area contributed by atoms with Crippen LogP contribution < -0.4 is 0 Å². The van der Waals surface area contributed by atoms with Crippen molar-refractivity contribution in [3.63, 3.8) is 0 Å². The van der Waals surface area contributed by atoms with Crippen molar-refractivity contribution >= 4 is 35.9 Å². The third-order valence-corrected chi connectivity index (χ3v) is 3.39. The van der Waals surface area contributed by atoms with Gasteiger partial charge in [0.25, 0.3) is 0 Å². The van der Waals surface area contributed by atoms with Crippen LogP contribution in [0.2, 0.25) is 0 Å². The Morgan fingerprint density at radius 1 is 1.12 bits per heavy atom. The van der Waals surface area contributed by atoms with Crippen LogP contribution in [0, 0.1) is 0 Å². The second-order valence-corrected chi connectivity index (χ2v) is 4.31. The quantitative estimate of drug-likeness (QED) is 0.170. The molecule has 0 saturated carbocycles. The number of rotatable bonds is 8. The second-order valence-electron chi connectivity index (χ2n) is 3.59. The molecule has 5 N–H and O–H groups in total. The summed E-state index contributed by atoms with van der Waals surface area (Å²) in [5.41, 5.74) is 0. The van der Waals surface area contributed by atoms with E-state index in [1.54, 1.807) is 23.0 Å². The van der Waals surface area contributed by atoms with Crippen LogP contribution in [-0.4, -0.2) is 68.8 Å². The first-order valence-corrected chi connectivity index (χ1v) is 6.06. The van der Waals surface area contributed by atoms with Gasteiger partial charge in [-0.05, 0) is 19.8 Å². The lowest BCUT2D eigenvalue weighted by molar-refractivity contribution is -0.139. The van der Waals surface area contributed by atoms with Gasteiger partial charge in [-0.1, -0.05) is 0 Å². The normalized spacial score (nSPS) is 22.6. The molecule has 0 radical (unpaired) electrons. The molecule has 6 atom stereocenters. The van der Waals surface area contributed by atoms with Crippen molar-refractivity contribution in [2.24, 2.45) is 0 Å². The van der Waals surface area contributed by atoms with Crippen LogP contribution in [0.15, 0.2) is 0 Å². The topological polar surface area (TPSA) is 120 Å². The highest BCUT2D eigenvalue weighted by molar-refractivity contribution is 14.1. The molecule has 0 saturated heterocycles. The van der Waals surface area contributed by atoms with Gasteiger partial charge in [0.05, 0.1) is 12.7 Å². The van der Waals surface area contributed by atoms with Crippen molar-refractivity contribution < 1.29 is 32.8 Å². The average molecular weight is 384 g/mol. The lowest BCUT2D eigenvalue weighted by Gasteiger charge is -2.31. The molecule has 0 aliphatic rings. The Hall–Kier alpha value is 0.800. The predicted octanol–water partition coefficient (Wildman–Crippen LogP) is -1.59. The predicted molar refractivity (Wildman–Crippen MR) is 69.5 cm³/mol. The molecule has 0 aliphatic heterocycles. The molecule has 0 aromatic heterocycles. The van der Waals surface area contributed by atoms with Crippen molar-refractivity contribution in [2.45, 2.75) is 43.5 Å². The maximum Gasteiger partial charge on any atom is 0.128 e. The highest BCUT2D eigenvalue weighted by atomic mass is 127. The molecule has 9 heteroatoms. The van der Waals surface area contributed by atoms with E-state index in [1.165, 1.54) is 6.92 Å². The molecule has 0 amide bonds. The Morgan fingerprint density at radius 2 is 1.65 bits per heavy atom. The van der Waals surface area contributed by atoms with E-state index in [1.807, 2.05) is 0 Å². The van der Waals surface area contributed by atoms with Gasteiger partial charge in [0, 0.05) is 0 Å². The fourth-order valence-corrected chi connectivity index (χ4v) is 1.76. The summed E-state index contributed by atoms with van der Waals surface area (Å²) in [6, 6.07) is 0. The summed E-state index contributed by atoms with van der Waals surface area (Å²) in [5.74, 6) is 0. The van der Waals surface area contributed by atoms with Gasteiger partial charge in [-0.25, -0.2) is 0 Å². The zero-order valence-electron chi connectivity index (χ0n) is 9.05. The van der Waals surface area contributed by atoms with Gasteiger partial charge in [-0.15, -0.1) is 0 Å². The smallest absolute Gasteiger partial charge is 0.128 e. The van der Waals surface area contributed by atoms with E-state index in [2.05, 4.69) is 17.1 Å². The summed E-state index contributed by atoms with van der Waals surface area (Å²) in [5, 5.41) is 46.9. The molecule has 0 aromatic rings. The van der Waals surface area contributed by atoms with Crippen LogP contribution in [-0.2, 0) is 7.25 Å². The first-order valence-electron chi connectivity index (χ1n) is 4.81. The van der Waals surface area contributed by atoms with E-state index >= 15 is 0 Å². The molecular weight excluding hydrogens is 367 g/mol. The zero-order valence-corrected chi connectivity index (χ0v) is 12.1. The first kappa shape index (κ1) is 17.8. The minimum absolute atomic E-state index is 0.677. The maximum atomic E-state index is 9.68. The van der Waals surface area contributed by atoms with Crippen molar-refractivity contribution in [3.05, 3.63) is 0 Å². The fraction of sp³-hybridized carbons (Fsp3) is 1.00. The minimum atomic E-state index is -1.63. The van der Waals surface area contributed by atoms with Crippen molar-refractivity contribution in [3.8, 4) is 0 Å². The summed E-state index contributed by atoms with van der Waals surface area (Å²) in [6.45, 7) is 0.815. The molecule has 0 bridgehead atoms. The molecule has 7 nitrogen and oxygen atoms in total. The van der Waals surface area contributed by atoms with Crippen molar-refractivity contribution in [2.75, 3.05) is 6.61 Å². The van der Waals surface area contributed by atoms with Gasteiger partial charge in [0.1, 0.15) is 53.5 Å². The van der Waals surface area contributed by atoms with Gasteiger partial charge in [0.2, 0.25) is 0 Å². The molecule has 0 rings (SSSR count). The number of hydrogen-bond donors (Lipinski definition) is 6. The van der Waals surface area contributed by atoms with Gasteiger partial charge in [0.15, 0.2) is 0 Å². The van der Waals surface area contributed by atoms with Crippen molar-refractivity contribution in [1.82, 2.24) is 0 Å². The van der Waals surface area contributed by atoms with Crippen molar-refractivity contribution in [1.29, 1.82) is 0 Å². The standard InChI is InChI=1S/C8H17IO7S/c1-3(15-9)5(12)6(13)7(14)8(16-17)4(11)2-10/h3-8,10-14,17H,2H2,1H3. The van der Waals surface area contributed by atoms with E-state index in [0.717, 1.165) is 0 Å². The van der Waals surface area contributed by atoms with E-state index in [0.29, 0.717) is 0 Å². The summed E-state index contributed by atoms with van der Waals surface area (Å²) < 4.78 is 9.23. The maximum absolute atomic E-state index is 9.68. The van der Waals surface area contributed by atoms with Crippen LogP contribution in [0.3, 0.4) is 0 Å². The molecule has 0 heterocycles. The number of hydrogen-bond acceptors (Lipinski definition) is 8. The van der Waals surface area contributed by atoms with Crippen LogP contribution in [0.25, 0.3) is 0 Å². The Bertz CT molecular complexity index is 210. The molecular formula is C8H17IO7S. The molecule has 0 fully saturated rings. The largest absolute Gasteiger partial charge is 0.394 e. The average Bonchev–Trinajstić information content (AvgIpc) is 2.36. The minimum Gasteiger partial charge on any atom is -0.394 e. The second kappa shape index (κ2) is 8.82. The molecule has 104 valence electrons. The Kier molecular flexibility index (Phi) is 9.24. The molecule has 17 heavy (non-hydrogen) atoms. The summed E-state index contributed by atoms with van der Waals surface area (Å²) >= 11 is 4.97. The number of halogens is 1. The molecule has 0 aliphatic carbocycles. The third-order valence-electron chi connectivity index (χ3n) is 2.35. The van der Waals surface area contributed by atoms with Gasteiger partial charge in [-0.2, -0.15) is 0 Å². The summed E-state index contributed by atoms with van der Waals surface area (Å²) in [6.07, 6.45) is -8.11. The van der Waals surface area contributed by atoms with E-state index in [4.69, 9.17) is 8.17 Å². The summed E-state index contributed by atoms with van der Waals surface area (Å²) in [4.78, 5) is 0. The molecule has 6 unspecified atom stereocenters. The lowest BCUT2D eigenvalue weighted by atomic mass is 9.97. The number of aliphatic hydroxyl groups is 5. The van der Waals surface area contributed by atoms with E-state index in [9.17, 15) is 20.4 Å². The zero-order chi connectivity index (χ0) is 13.6. The van der Waals surface area contributed by atoms with Crippen LogP contribution in [0.4, 0.5) is 0 Å². The Morgan fingerprint density at radius 3 is 2.00 bits per heavy atom. The SMILES string of the molecule is CC(OI)C(O)C(O)C(O)C(OS)C(O)CO. The number of thiol groups is 1. The van der Waals surface area contributed by atoms with Crippen LogP contribution in [0.1, 0.15) is 6.92 Å². The highest BCUT2D eigenvalue weighted by Crippen LogP contribution is 2.16. The van der Waals surface area contributed by atoms with Gasteiger partial charge in [-0.3, -0.25) is 0 Å². The van der Waals surface area contributed by atoms with Gasteiger partial charge >= 0.3 is 0 Å². The molecule has 0 spiro atoms. The first-order chi connectivity index (χ1) is 7.90. The lowest BCUT2D eigenvalue weighted by Crippen LogP contribution is -2.52. The third kappa shape index (κ3) is 5.12. The van der Waals surface area contributed by atoms with Crippen LogP contribution >= 0.6 is 35.9 Å². The summed E-state index contributed by atoms with van der Waals surface area (Å²) in [7, 11) is 0. The van der Waals surface area contributed by atoms with Crippen LogP contribution in [0.5, 0.6) is 0 Å². The highest BCUT2D eigenvalue weighted by Gasteiger charge is 2.38. The van der Waals surface area contributed by atoms with Gasteiger partial charge < -0.3 is 32.8 Å². The van der Waals surface area contributed by atoms with E-state index < -0.39 is 43.2 Å². The van der Waals surface area contributed by atoms with E-state index in [-0.39, 0.29) is 0 Å². The molecule has 0 aromatic carbocycles. The monoisotopic (exact) mass is 384 g/mol. The Labute approximate surface area is 119 Å². The fourth-order valence-electron chi connectivity index (χ4n) is 1.19. The Balaban J connectivity index is 4.59.